The zero-order valence-corrected chi connectivity index (χ0v) is 65.9. The molecule has 0 aromatic carbocycles. The third-order valence-corrected chi connectivity index (χ3v) is 20.7. The molecule has 0 radical (unpaired) electrons. The number of carbonyl (C=O) groups is 4. The van der Waals surface area contributed by atoms with Crippen LogP contribution in [-0.4, -0.2) is 96.7 Å². The molecular formula is C79H154O17P2. The number of phosphoric acid groups is 2. The summed E-state index contributed by atoms with van der Waals surface area (Å²) in [5, 5.41) is 10.6. The maximum atomic E-state index is 13.1. The Labute approximate surface area is 600 Å². The minimum Gasteiger partial charge on any atom is -0.462 e. The molecule has 17 nitrogen and oxygen atoms in total. The molecule has 0 bridgehead atoms. The predicted molar refractivity (Wildman–Crippen MR) is 400 cm³/mol. The van der Waals surface area contributed by atoms with E-state index in [1.807, 2.05) is 0 Å². The minimum atomic E-state index is -4.96. The van der Waals surface area contributed by atoms with E-state index < -0.39 is 97.5 Å². The predicted octanol–water partition coefficient (Wildman–Crippen LogP) is 23.5. The molecule has 0 amide bonds. The van der Waals surface area contributed by atoms with Gasteiger partial charge in [0.05, 0.1) is 26.4 Å². The first kappa shape index (κ1) is 96.1. The fraction of sp³-hybridized carbons (Fsp3) is 0.949. The van der Waals surface area contributed by atoms with Crippen LogP contribution in [0.4, 0.5) is 0 Å². The van der Waals surface area contributed by atoms with Gasteiger partial charge in [-0.15, -0.1) is 0 Å². The second-order valence-electron chi connectivity index (χ2n) is 29.2. The van der Waals surface area contributed by atoms with Crippen LogP contribution in [0.15, 0.2) is 0 Å². The topological polar surface area (TPSA) is 237 Å². The van der Waals surface area contributed by atoms with Crippen LogP contribution in [-0.2, 0) is 65.4 Å². The standard InChI is InChI=1S/C79H154O17P2/c1-7-10-12-14-16-18-19-20-21-27-33-39-45-51-57-63-78(83)95-74(67-89-76(81)61-55-49-43-35-17-15-13-11-8-2)69-93-97(85,86)91-65-73(80)66-92-98(87,88)94-70-75(68-90-77(82)62-56-50-44-38-32-29-24-25-30-36-41-47-53-59-71(4)5)96-79(84)64-58-52-46-40-34-28-23-22-26-31-37-42-48-54-60-72(6)9-3/h71-75,80H,7-70H2,1-6H3,(H,85,86)(H,87,88)/t72?,73-,74+,75+/m0/s1. The summed E-state index contributed by atoms with van der Waals surface area (Å²) in [6.07, 6.45) is 59.5. The monoisotopic (exact) mass is 1440 g/mol. The Morgan fingerprint density at radius 3 is 0.776 bits per heavy atom. The van der Waals surface area contributed by atoms with Gasteiger partial charge in [0.15, 0.2) is 12.2 Å². The number of hydrogen-bond acceptors (Lipinski definition) is 15. The Morgan fingerprint density at radius 1 is 0.296 bits per heavy atom. The Morgan fingerprint density at radius 2 is 0.520 bits per heavy atom. The lowest BCUT2D eigenvalue weighted by atomic mass is 9.99. The van der Waals surface area contributed by atoms with Gasteiger partial charge in [0.2, 0.25) is 0 Å². The van der Waals surface area contributed by atoms with Crippen molar-refractivity contribution in [1.82, 2.24) is 0 Å². The van der Waals surface area contributed by atoms with E-state index in [0.717, 1.165) is 102 Å². The van der Waals surface area contributed by atoms with Crippen LogP contribution in [0.5, 0.6) is 0 Å². The highest BCUT2D eigenvalue weighted by Gasteiger charge is 2.30. The van der Waals surface area contributed by atoms with Gasteiger partial charge in [-0.05, 0) is 37.5 Å². The number of unbranched alkanes of at least 4 members (excludes halogenated alkanes) is 47. The summed E-state index contributed by atoms with van der Waals surface area (Å²) in [6.45, 7) is 9.68. The van der Waals surface area contributed by atoms with E-state index in [4.69, 9.17) is 37.0 Å². The van der Waals surface area contributed by atoms with Crippen molar-refractivity contribution in [3.63, 3.8) is 0 Å². The van der Waals surface area contributed by atoms with E-state index in [2.05, 4.69) is 41.5 Å². The zero-order valence-electron chi connectivity index (χ0n) is 64.1. The quantitative estimate of drug-likeness (QED) is 0.0222. The summed E-state index contributed by atoms with van der Waals surface area (Å²) in [4.78, 5) is 72.9. The van der Waals surface area contributed by atoms with Crippen LogP contribution in [0, 0.1) is 11.8 Å². The Balaban J connectivity index is 5.23. The van der Waals surface area contributed by atoms with Crippen LogP contribution >= 0.6 is 15.6 Å². The second-order valence-corrected chi connectivity index (χ2v) is 32.1. The first-order valence-electron chi connectivity index (χ1n) is 41.0. The zero-order chi connectivity index (χ0) is 72.1. The molecule has 3 unspecified atom stereocenters. The molecule has 3 N–H and O–H groups in total. The number of aliphatic hydroxyl groups excluding tert-OH is 1. The lowest BCUT2D eigenvalue weighted by Gasteiger charge is -2.21. The lowest BCUT2D eigenvalue weighted by molar-refractivity contribution is -0.161. The summed E-state index contributed by atoms with van der Waals surface area (Å²) in [7, 11) is -9.91. The number of aliphatic hydroxyl groups is 1. The number of phosphoric ester groups is 2. The molecule has 0 aliphatic carbocycles. The van der Waals surface area contributed by atoms with Crippen molar-refractivity contribution in [2.24, 2.45) is 11.8 Å². The molecular weight excluding hydrogens is 1280 g/mol. The molecule has 0 saturated carbocycles. The van der Waals surface area contributed by atoms with Gasteiger partial charge in [-0.2, -0.15) is 0 Å². The lowest BCUT2D eigenvalue weighted by Crippen LogP contribution is -2.30. The molecule has 0 aromatic heterocycles. The van der Waals surface area contributed by atoms with Crippen LogP contribution < -0.4 is 0 Å². The average Bonchev–Trinajstić information content (AvgIpc) is 1.04. The molecule has 98 heavy (non-hydrogen) atoms. The first-order chi connectivity index (χ1) is 47.4. The largest absolute Gasteiger partial charge is 0.472 e. The molecule has 0 saturated heterocycles. The van der Waals surface area contributed by atoms with Gasteiger partial charge in [0.1, 0.15) is 19.3 Å². The van der Waals surface area contributed by atoms with Crippen LogP contribution in [0.25, 0.3) is 0 Å². The number of carbonyl (C=O) groups excluding carboxylic acids is 4. The second kappa shape index (κ2) is 70.7. The summed E-state index contributed by atoms with van der Waals surface area (Å²) < 4.78 is 68.6. The van der Waals surface area contributed by atoms with E-state index in [0.29, 0.717) is 25.7 Å². The molecule has 6 atom stereocenters. The molecule has 0 aliphatic rings. The number of esters is 4. The maximum absolute atomic E-state index is 13.1. The number of ether oxygens (including phenoxy) is 4. The van der Waals surface area contributed by atoms with Crippen LogP contribution in [0.2, 0.25) is 0 Å². The van der Waals surface area contributed by atoms with Crippen molar-refractivity contribution >= 4 is 39.5 Å². The molecule has 0 aliphatic heterocycles. The van der Waals surface area contributed by atoms with Crippen molar-refractivity contribution < 1.29 is 80.2 Å². The summed E-state index contributed by atoms with van der Waals surface area (Å²) in [5.41, 5.74) is 0. The highest BCUT2D eigenvalue weighted by Crippen LogP contribution is 2.45. The van der Waals surface area contributed by atoms with Gasteiger partial charge in [-0.25, -0.2) is 9.13 Å². The Bertz CT molecular complexity index is 1890. The van der Waals surface area contributed by atoms with Gasteiger partial charge in [0, 0.05) is 25.7 Å². The highest BCUT2D eigenvalue weighted by molar-refractivity contribution is 7.47. The van der Waals surface area contributed by atoms with E-state index in [1.54, 1.807) is 0 Å². The van der Waals surface area contributed by atoms with Gasteiger partial charge in [-0.1, -0.05) is 363 Å². The smallest absolute Gasteiger partial charge is 0.462 e. The van der Waals surface area contributed by atoms with E-state index in [-0.39, 0.29) is 25.7 Å². The maximum Gasteiger partial charge on any atom is 0.472 e. The average molecular weight is 1440 g/mol. The van der Waals surface area contributed by atoms with Crippen LogP contribution in [0.3, 0.4) is 0 Å². The van der Waals surface area contributed by atoms with E-state index in [9.17, 15) is 43.2 Å². The summed E-state index contributed by atoms with van der Waals surface area (Å²) in [5.74, 6) is -0.473. The van der Waals surface area contributed by atoms with Gasteiger partial charge in [0.25, 0.3) is 0 Å². The van der Waals surface area contributed by atoms with Gasteiger partial charge < -0.3 is 33.8 Å². The fourth-order valence-corrected chi connectivity index (χ4v) is 13.7. The normalized spacial score (nSPS) is 14.2. The molecule has 0 fully saturated rings. The summed E-state index contributed by atoms with van der Waals surface area (Å²) in [6, 6.07) is 0. The highest BCUT2D eigenvalue weighted by atomic mass is 31.2. The molecule has 0 spiro atoms. The third-order valence-electron chi connectivity index (χ3n) is 18.8. The third kappa shape index (κ3) is 71.1. The van der Waals surface area contributed by atoms with E-state index in [1.165, 1.54) is 231 Å². The fourth-order valence-electron chi connectivity index (χ4n) is 12.2. The SMILES string of the molecule is CCCCCCCCCCCCCCCCCC(=O)O[C@H](COC(=O)CCCCCCCCCCC)COP(=O)(O)OC[C@H](O)COP(=O)(O)OC[C@@H](COC(=O)CCCCCCCCCCCCCCCC(C)C)OC(=O)CCCCCCCCCCCCCCCCC(C)CC. The van der Waals surface area contributed by atoms with Crippen molar-refractivity contribution in [1.29, 1.82) is 0 Å². The summed E-state index contributed by atoms with van der Waals surface area (Å²) >= 11 is 0. The Hall–Kier alpha value is -1.94. The number of hydrogen-bond donors (Lipinski definition) is 3. The first-order valence-corrected chi connectivity index (χ1v) is 44.0. The van der Waals surface area contributed by atoms with Crippen molar-refractivity contribution in [3.05, 3.63) is 0 Å². The van der Waals surface area contributed by atoms with Crippen molar-refractivity contribution in [2.45, 2.75) is 432 Å². The molecule has 19 heteroatoms. The van der Waals surface area contributed by atoms with Gasteiger partial charge in [-0.3, -0.25) is 37.3 Å². The van der Waals surface area contributed by atoms with Crippen LogP contribution in [0.1, 0.15) is 414 Å². The van der Waals surface area contributed by atoms with Crippen molar-refractivity contribution in [2.75, 3.05) is 39.6 Å². The van der Waals surface area contributed by atoms with E-state index >= 15 is 0 Å². The van der Waals surface area contributed by atoms with Gasteiger partial charge >= 0.3 is 39.5 Å². The molecule has 0 aromatic rings. The Kier molecular flexibility index (Phi) is 69.3. The molecule has 0 heterocycles. The minimum absolute atomic E-state index is 0.108. The molecule has 582 valence electrons. The molecule has 0 rings (SSSR count). The number of rotatable bonds is 78. The van der Waals surface area contributed by atoms with Crippen molar-refractivity contribution in [3.8, 4) is 0 Å².